The van der Waals surface area contributed by atoms with E-state index in [0.29, 0.717) is 38.0 Å². The molecule has 24 nitrogen and oxygen atoms in total. The van der Waals surface area contributed by atoms with E-state index >= 15 is 0 Å². The Morgan fingerprint density at radius 3 is 2.33 bits per heavy atom. The standard InChI is InChI=1S/C68H89IN2O22S4/c1-10-71(38(6)74)46-30-86-51(24-41(46)28-72)91-62-59(80)56(70-93-52-26-47(75)64(37(5)87-52)97-65(81)53-34(2)55(69)61(63(85-9)60(53)84-8)92-66-58(79)44(29-73)57(78)36(4)89-66)35(3)88-67(62)90-49-18-13-11-12-14-20-68(82)27-48(76)43(25-50(77)83-7)54(49)45(68)19-21-94-31-40-17-15-16-39(22-40)23-42-32-95-33-96-42/h11-12,15-17,19,22,35-37,41-44,46-47,49,51-52,54,56-59,62,64,66-67,70,72-73,75,78-80,82H,10,21,23-33H2,1-9H3/b12-11-,45-19-/t35?,36?,37?,41?,42-,43+,44?,46?,47?,49+,51?,52?,54?,56?,57?,58?,59?,62?,64?,66?,67?,68+/m1/s1. The van der Waals surface area contributed by atoms with Crippen molar-refractivity contribution >= 4 is 92.4 Å². The Kier molecular flexibility index (Phi) is 28.3. The smallest absolute Gasteiger partial charge is 0.306 e. The Morgan fingerprint density at radius 1 is 0.907 bits per heavy atom. The first-order valence-electron chi connectivity index (χ1n) is 32.4. The molecule has 7 aliphatic rings. The molecule has 8 N–H and O–H groups in total. The van der Waals surface area contributed by atoms with Crippen LogP contribution in [-0.2, 0) is 64.6 Å². The molecule has 97 heavy (non-hydrogen) atoms. The molecule has 5 heterocycles. The summed E-state index contributed by atoms with van der Waals surface area (Å²) in [7, 11) is 3.91. The lowest BCUT2D eigenvalue weighted by Gasteiger charge is -2.48. The first kappa shape index (κ1) is 77.4. The Morgan fingerprint density at radius 2 is 1.65 bits per heavy atom. The number of halogens is 1. The Labute approximate surface area is 596 Å². The van der Waals surface area contributed by atoms with Gasteiger partial charge in [-0.05, 0) is 98.0 Å². The molecule has 2 aromatic rings. The van der Waals surface area contributed by atoms with Gasteiger partial charge in [0.05, 0.1) is 104 Å². The fourth-order valence-corrected chi connectivity index (χ4v) is 19.0. The fourth-order valence-electron chi connectivity index (χ4n) is 13.5. The minimum atomic E-state index is -2.03. The van der Waals surface area contributed by atoms with Gasteiger partial charge in [0.15, 0.2) is 36.0 Å². The summed E-state index contributed by atoms with van der Waals surface area (Å²) < 4.78 is 62.1. The summed E-state index contributed by atoms with van der Waals surface area (Å²) in [5.74, 6) is 8.87. The molecule has 18 unspecified atom stereocenters. The summed E-state index contributed by atoms with van der Waals surface area (Å²) in [5.41, 5.74) is 4.07. The third-order valence-electron chi connectivity index (χ3n) is 18.7. The van der Waals surface area contributed by atoms with Gasteiger partial charge in [0.25, 0.3) is 0 Å². The van der Waals surface area contributed by atoms with Crippen LogP contribution in [0, 0.1) is 57.8 Å². The van der Waals surface area contributed by atoms with Crippen molar-refractivity contribution in [2.75, 3.05) is 64.3 Å². The van der Waals surface area contributed by atoms with Gasteiger partial charge in [0.1, 0.15) is 30.2 Å². The van der Waals surface area contributed by atoms with E-state index in [1.165, 1.54) is 46.0 Å². The average Bonchev–Trinajstić information content (AvgIpc) is 0.827. The number of nitrogens with one attached hydrogen (secondary N) is 1. The second-order valence-corrected chi connectivity index (χ2v) is 31.0. The number of carbonyl (C=O) groups excluding carboxylic acids is 4. The van der Waals surface area contributed by atoms with Crippen LogP contribution in [0.1, 0.15) is 87.4 Å². The van der Waals surface area contributed by atoms with Crippen LogP contribution in [0.4, 0.5) is 0 Å². The number of aliphatic hydroxyl groups excluding tert-OH is 6. The van der Waals surface area contributed by atoms with Crippen LogP contribution in [0.3, 0.4) is 0 Å². The molecule has 9 rings (SSSR count). The van der Waals surface area contributed by atoms with Crippen molar-refractivity contribution in [1.82, 2.24) is 10.4 Å². The van der Waals surface area contributed by atoms with Gasteiger partial charge >= 0.3 is 5.97 Å². The number of hydroxylamine groups is 1. The predicted octanol–water partition coefficient (Wildman–Crippen LogP) is 4.45. The number of amides is 1. The first-order valence-corrected chi connectivity index (χ1v) is 37.7. The molecule has 29 heteroatoms. The van der Waals surface area contributed by atoms with Crippen molar-refractivity contribution in [3.05, 3.63) is 73.9 Å². The minimum Gasteiger partial charge on any atom is -0.492 e. The van der Waals surface area contributed by atoms with Crippen LogP contribution in [0.25, 0.3) is 0 Å². The number of Topliss-reactive ketones (excluding diaryl/α,β-unsaturated/α-hetero) is 1. The summed E-state index contributed by atoms with van der Waals surface area (Å²) in [4.78, 5) is 63.0. The molecular formula is C68H89IN2O22S4. The molecule has 1 saturated carbocycles. The molecule has 0 spiro atoms. The minimum absolute atomic E-state index is 0.00256. The maximum absolute atomic E-state index is 14.5. The normalized spacial score (nSPS) is 35.7. The zero-order valence-corrected chi connectivity index (χ0v) is 61.0. The highest BCUT2D eigenvalue weighted by molar-refractivity contribution is 14.1. The number of esters is 1. The van der Waals surface area contributed by atoms with Crippen LogP contribution in [0.15, 0.2) is 48.1 Å². The number of carbonyl (C=O) groups is 4. The third-order valence-corrected chi connectivity index (χ3v) is 25.2. The quantitative estimate of drug-likeness (QED) is 0.0170. The van der Waals surface area contributed by atoms with E-state index in [4.69, 9.17) is 52.2 Å². The average molecular weight is 1540 g/mol. The third kappa shape index (κ3) is 18.2. The number of benzene rings is 2. The van der Waals surface area contributed by atoms with Crippen LogP contribution in [0.2, 0.25) is 0 Å². The van der Waals surface area contributed by atoms with E-state index < -0.39 is 163 Å². The van der Waals surface area contributed by atoms with Crippen molar-refractivity contribution in [2.45, 2.75) is 188 Å². The summed E-state index contributed by atoms with van der Waals surface area (Å²) >= 11 is 8.30. The molecule has 534 valence electrons. The molecule has 5 aliphatic heterocycles. The molecule has 2 aromatic carbocycles. The number of methoxy groups -OCH3 is 3. The monoisotopic (exact) mass is 1540 g/mol. The molecule has 5 saturated heterocycles. The Bertz CT molecular complexity index is 3270. The second-order valence-electron chi connectivity index (χ2n) is 25.0. The van der Waals surface area contributed by atoms with Gasteiger partial charge in [0.2, 0.25) is 23.1 Å². The summed E-state index contributed by atoms with van der Waals surface area (Å²) in [6, 6.07) is 6.84. The molecule has 0 aromatic heterocycles. The summed E-state index contributed by atoms with van der Waals surface area (Å²) in [6.45, 7) is 9.24. The number of hydrogen-bond acceptors (Lipinski definition) is 27. The van der Waals surface area contributed by atoms with Crippen LogP contribution in [-0.4, -0.2) is 236 Å². The number of ether oxygens (including phenoxy) is 10. The van der Waals surface area contributed by atoms with Crippen molar-refractivity contribution in [2.24, 2.45) is 23.7 Å². The number of rotatable bonds is 25. The zero-order chi connectivity index (χ0) is 70.0. The fraction of sp³-hybridized carbons (Fsp3) is 0.647. The highest BCUT2D eigenvalue weighted by atomic mass is 127. The van der Waals surface area contributed by atoms with E-state index in [2.05, 4.69) is 53.4 Å². The highest BCUT2D eigenvalue weighted by Crippen LogP contribution is 2.50. The largest absolute Gasteiger partial charge is 0.492 e. The maximum Gasteiger partial charge on any atom is 0.306 e. The van der Waals surface area contributed by atoms with Gasteiger partial charge in [0, 0.05) is 84.2 Å². The zero-order valence-electron chi connectivity index (χ0n) is 55.6. The molecule has 22 atom stereocenters. The maximum atomic E-state index is 14.5. The van der Waals surface area contributed by atoms with Crippen molar-refractivity contribution in [3.63, 3.8) is 0 Å². The van der Waals surface area contributed by atoms with Crippen molar-refractivity contribution in [3.8, 4) is 40.9 Å². The molecule has 0 radical (unpaired) electrons. The van der Waals surface area contributed by atoms with Crippen molar-refractivity contribution in [1.29, 1.82) is 0 Å². The number of thioether (sulfide) groups is 4. The number of likely N-dealkylation sites (N-methyl/N-ethyl adjacent to an activating group) is 1. The number of nitrogens with zero attached hydrogens (tertiary/aromatic N) is 1. The lowest BCUT2D eigenvalue weighted by Crippen LogP contribution is -2.65. The van der Waals surface area contributed by atoms with E-state index in [0.717, 1.165) is 34.6 Å². The second kappa shape index (κ2) is 35.4. The Hall–Kier alpha value is -3.75. The summed E-state index contributed by atoms with van der Waals surface area (Å²) in [5, 5.41) is 79.9. The first-order chi connectivity index (χ1) is 46.5. The van der Waals surface area contributed by atoms with Crippen LogP contribution in [0.5, 0.6) is 17.2 Å². The molecular weight excluding hydrogens is 1450 g/mol. The number of allylic oxidation sites excluding steroid dienone is 2. The topological polar surface area (TPSA) is 327 Å². The van der Waals surface area contributed by atoms with Crippen LogP contribution < -0.4 is 19.7 Å². The van der Waals surface area contributed by atoms with Crippen LogP contribution >= 0.6 is 69.6 Å². The van der Waals surface area contributed by atoms with E-state index in [-0.39, 0.29) is 54.8 Å². The molecule has 2 bridgehead atoms. The van der Waals surface area contributed by atoms with Gasteiger partial charge in [-0.25, -0.2) is 0 Å². The number of aliphatic hydroxyl groups is 7. The van der Waals surface area contributed by atoms with Crippen molar-refractivity contribution < 1.29 is 107 Å². The van der Waals surface area contributed by atoms with Gasteiger partial charge in [-0.2, -0.15) is 17.2 Å². The molecule has 2 aliphatic carbocycles. The molecule has 6 fully saturated rings. The molecule has 1 amide bonds. The lowest BCUT2D eigenvalue weighted by molar-refractivity contribution is -0.339. The van der Waals surface area contributed by atoms with E-state index in [1.807, 2.05) is 59.1 Å². The lowest BCUT2D eigenvalue weighted by atomic mass is 9.64. The summed E-state index contributed by atoms with van der Waals surface area (Å²) in [6.07, 6.45) is -11.4. The van der Waals surface area contributed by atoms with Gasteiger partial charge in [-0.3, -0.25) is 24.0 Å². The number of ketones is 1. The number of hydrogen-bond donors (Lipinski definition) is 8. The van der Waals surface area contributed by atoms with Gasteiger partial charge < -0.3 is 88.0 Å². The SMILES string of the molecule is CCN(C(C)=O)C1COC(OC2C(O[C@H]3C#C/C=C\C#C[C@]4(O)CC(=O)[C@H](CC(=O)OC)C3/C4=C/CSCc3cccc(C[C@@H]4CSCS4)c3)OC(C)C(NOC3CC(O)C(SC(=O)c4c(C)c(I)c(OC5OC(C)C(O)C(CO)C5O)c(OC)c4OC)C(C)O3)C2O)CC1CO. The number of fused-ring (bicyclic) bond motifs is 2. The highest BCUT2D eigenvalue weighted by Gasteiger charge is 2.55. The van der Waals surface area contributed by atoms with E-state index in [1.54, 1.807) is 44.4 Å². The van der Waals surface area contributed by atoms with Gasteiger partial charge in [-0.1, -0.05) is 65.8 Å². The van der Waals surface area contributed by atoms with E-state index in [9.17, 15) is 54.9 Å². The predicted molar refractivity (Wildman–Crippen MR) is 371 cm³/mol. The van der Waals surface area contributed by atoms with Gasteiger partial charge in [-0.15, -0.1) is 23.5 Å². The Balaban J connectivity index is 0.951.